The van der Waals surface area contributed by atoms with Crippen molar-refractivity contribution >= 4 is 11.6 Å². The highest BCUT2D eigenvalue weighted by Gasteiger charge is 2.30. The summed E-state index contributed by atoms with van der Waals surface area (Å²) < 4.78 is 37.7. The fraction of sp³-hybridized carbons (Fsp3) is 0.333. The zero-order valence-corrected chi connectivity index (χ0v) is 12.0. The topological polar surface area (TPSA) is 64.9 Å². The smallest absolute Gasteiger partial charge is 0.360 e. The molecule has 0 saturated heterocycles. The number of carbonyl (C=O) groups excluding carboxylic acids is 1. The van der Waals surface area contributed by atoms with Crippen LogP contribution in [0.5, 0.6) is 0 Å². The van der Waals surface area contributed by atoms with Crippen molar-refractivity contribution in [3.05, 3.63) is 41.6 Å². The lowest BCUT2D eigenvalue weighted by Crippen LogP contribution is -2.25. The van der Waals surface area contributed by atoms with E-state index >= 15 is 0 Å². The van der Waals surface area contributed by atoms with Gasteiger partial charge in [-0.2, -0.15) is 18.4 Å². The van der Waals surface area contributed by atoms with Gasteiger partial charge in [-0.1, -0.05) is 19.4 Å². The molecule has 0 aliphatic heterocycles. The van der Waals surface area contributed by atoms with E-state index in [1.807, 2.05) is 6.92 Å². The molecule has 22 heavy (non-hydrogen) atoms. The van der Waals surface area contributed by atoms with Gasteiger partial charge in [0.05, 0.1) is 5.56 Å². The minimum Gasteiger partial charge on any atom is -0.360 e. The number of benzene rings is 1. The monoisotopic (exact) mass is 311 g/mol. The van der Waals surface area contributed by atoms with Gasteiger partial charge >= 0.3 is 6.18 Å². The maximum atomic E-state index is 12.6. The average molecular weight is 311 g/mol. The molecule has 0 spiro atoms. The Kier molecular flexibility index (Phi) is 6.45. The third-order valence-electron chi connectivity index (χ3n) is 2.75. The van der Waals surface area contributed by atoms with E-state index in [-0.39, 0.29) is 11.3 Å². The Morgan fingerprint density at radius 1 is 1.41 bits per heavy atom. The minimum absolute atomic E-state index is 0.143. The van der Waals surface area contributed by atoms with Crippen LogP contribution in [-0.2, 0) is 11.0 Å². The molecule has 0 unspecified atom stereocenters. The second kappa shape index (κ2) is 8.08. The van der Waals surface area contributed by atoms with Gasteiger partial charge in [-0.25, -0.2) is 0 Å². The van der Waals surface area contributed by atoms with Crippen LogP contribution in [0, 0.1) is 11.3 Å². The van der Waals surface area contributed by atoms with Crippen LogP contribution in [0.3, 0.4) is 0 Å². The first-order chi connectivity index (χ1) is 10.4. The van der Waals surface area contributed by atoms with Crippen molar-refractivity contribution in [3.63, 3.8) is 0 Å². The minimum atomic E-state index is -4.45. The van der Waals surface area contributed by atoms with Crippen molar-refractivity contribution in [2.24, 2.45) is 0 Å². The molecule has 0 aromatic heterocycles. The van der Waals surface area contributed by atoms with Crippen LogP contribution in [0.15, 0.2) is 36.0 Å². The highest BCUT2D eigenvalue weighted by atomic mass is 19.4. The van der Waals surface area contributed by atoms with Crippen molar-refractivity contribution in [1.29, 1.82) is 5.26 Å². The molecule has 1 aromatic rings. The Bertz CT molecular complexity index is 588. The molecule has 0 aliphatic rings. The van der Waals surface area contributed by atoms with Gasteiger partial charge in [0.25, 0.3) is 5.91 Å². The van der Waals surface area contributed by atoms with Gasteiger partial charge in [-0.3, -0.25) is 4.79 Å². The molecule has 0 fully saturated rings. The lowest BCUT2D eigenvalue weighted by atomic mass is 10.2. The highest BCUT2D eigenvalue weighted by molar-refractivity contribution is 5.97. The molecule has 7 heteroatoms. The number of carbonyl (C=O) groups is 1. The van der Waals surface area contributed by atoms with E-state index in [4.69, 9.17) is 5.26 Å². The van der Waals surface area contributed by atoms with Crippen LogP contribution >= 0.6 is 0 Å². The summed E-state index contributed by atoms with van der Waals surface area (Å²) in [5.41, 5.74) is -0.866. The molecular weight excluding hydrogens is 295 g/mol. The Morgan fingerprint density at radius 2 is 2.14 bits per heavy atom. The average Bonchev–Trinajstić information content (AvgIpc) is 2.47. The SMILES string of the molecule is CCCCNC(=O)/C(C#N)=C\Nc1cccc(C(F)(F)F)c1. The maximum Gasteiger partial charge on any atom is 0.416 e. The molecule has 4 nitrogen and oxygen atoms in total. The van der Waals surface area contributed by atoms with Crippen LogP contribution in [0.25, 0.3) is 0 Å². The lowest BCUT2D eigenvalue weighted by Gasteiger charge is -2.09. The second-order valence-electron chi connectivity index (χ2n) is 4.50. The summed E-state index contributed by atoms with van der Waals surface area (Å²) >= 11 is 0. The van der Waals surface area contributed by atoms with Crippen molar-refractivity contribution in [1.82, 2.24) is 5.32 Å². The first-order valence-corrected chi connectivity index (χ1v) is 6.70. The Labute approximate surface area is 126 Å². The number of alkyl halides is 3. The first-order valence-electron chi connectivity index (χ1n) is 6.70. The number of hydrogen-bond donors (Lipinski definition) is 2. The van der Waals surface area contributed by atoms with Crippen molar-refractivity contribution in [2.75, 3.05) is 11.9 Å². The molecule has 1 rings (SSSR count). The summed E-state index contributed by atoms with van der Waals surface area (Å²) in [6.07, 6.45) is -1.67. The Balaban J connectivity index is 2.77. The van der Waals surface area contributed by atoms with Gasteiger partial charge in [0.1, 0.15) is 11.6 Å². The largest absolute Gasteiger partial charge is 0.416 e. The van der Waals surface area contributed by atoms with E-state index in [1.54, 1.807) is 6.07 Å². The first kappa shape index (κ1) is 17.6. The van der Waals surface area contributed by atoms with Gasteiger partial charge in [-0.05, 0) is 24.6 Å². The number of nitrogens with one attached hydrogen (secondary N) is 2. The number of hydrogen-bond acceptors (Lipinski definition) is 3. The molecule has 0 radical (unpaired) electrons. The van der Waals surface area contributed by atoms with Crippen LogP contribution in [-0.4, -0.2) is 12.5 Å². The normalized spacial score (nSPS) is 11.7. The Hall–Kier alpha value is -2.49. The standard InChI is InChI=1S/C15H16F3N3O/c1-2-3-7-20-14(22)11(9-19)10-21-13-6-4-5-12(8-13)15(16,17)18/h4-6,8,10,21H,2-3,7H2,1H3,(H,20,22)/b11-10-. The van der Waals surface area contributed by atoms with E-state index < -0.39 is 17.6 Å². The summed E-state index contributed by atoms with van der Waals surface area (Å²) in [6, 6.07) is 6.21. The van der Waals surface area contributed by atoms with Crippen LogP contribution in [0.4, 0.5) is 18.9 Å². The number of amides is 1. The number of anilines is 1. The number of unbranched alkanes of at least 4 members (excludes halogenated alkanes) is 1. The number of nitrogens with zero attached hydrogens (tertiary/aromatic N) is 1. The molecule has 2 N–H and O–H groups in total. The summed E-state index contributed by atoms with van der Waals surface area (Å²) in [6.45, 7) is 2.40. The predicted molar refractivity (Wildman–Crippen MR) is 76.7 cm³/mol. The lowest BCUT2D eigenvalue weighted by molar-refractivity contribution is -0.137. The molecule has 1 amide bonds. The zero-order valence-electron chi connectivity index (χ0n) is 12.0. The van der Waals surface area contributed by atoms with Crippen molar-refractivity contribution < 1.29 is 18.0 Å². The molecule has 0 bridgehead atoms. The van der Waals surface area contributed by atoms with E-state index in [2.05, 4.69) is 10.6 Å². The molecule has 118 valence electrons. The van der Waals surface area contributed by atoms with Crippen LogP contribution < -0.4 is 10.6 Å². The van der Waals surface area contributed by atoms with Gasteiger partial charge < -0.3 is 10.6 Å². The van der Waals surface area contributed by atoms with Gasteiger partial charge in [0.2, 0.25) is 0 Å². The van der Waals surface area contributed by atoms with Crippen LogP contribution in [0.2, 0.25) is 0 Å². The maximum absolute atomic E-state index is 12.6. The summed E-state index contributed by atoms with van der Waals surface area (Å²) in [5.74, 6) is -0.560. The molecule has 0 atom stereocenters. The van der Waals surface area contributed by atoms with E-state index in [9.17, 15) is 18.0 Å². The quantitative estimate of drug-likeness (QED) is 0.480. The zero-order chi connectivity index (χ0) is 16.6. The summed E-state index contributed by atoms with van der Waals surface area (Å²) in [5, 5.41) is 14.0. The number of halogens is 3. The van der Waals surface area contributed by atoms with Crippen LogP contribution in [0.1, 0.15) is 25.3 Å². The molecule has 0 saturated carbocycles. The van der Waals surface area contributed by atoms with E-state index in [1.165, 1.54) is 12.1 Å². The third-order valence-corrected chi connectivity index (χ3v) is 2.75. The third kappa shape index (κ3) is 5.48. The van der Waals surface area contributed by atoms with Crippen molar-refractivity contribution in [3.8, 4) is 6.07 Å². The van der Waals surface area contributed by atoms with E-state index in [0.29, 0.717) is 6.54 Å². The predicted octanol–water partition coefficient (Wildman–Crippen LogP) is 3.44. The van der Waals surface area contributed by atoms with Gasteiger partial charge in [0.15, 0.2) is 0 Å². The van der Waals surface area contributed by atoms with E-state index in [0.717, 1.165) is 31.2 Å². The number of rotatable bonds is 6. The van der Waals surface area contributed by atoms with Gasteiger partial charge in [-0.15, -0.1) is 0 Å². The molecule has 1 aromatic carbocycles. The number of nitriles is 1. The molecule has 0 aliphatic carbocycles. The van der Waals surface area contributed by atoms with Crippen molar-refractivity contribution in [2.45, 2.75) is 25.9 Å². The highest BCUT2D eigenvalue weighted by Crippen LogP contribution is 2.30. The molecular formula is C15H16F3N3O. The Morgan fingerprint density at radius 3 is 2.73 bits per heavy atom. The molecule has 0 heterocycles. The fourth-order valence-corrected chi connectivity index (χ4v) is 1.56. The summed E-state index contributed by atoms with van der Waals surface area (Å²) in [7, 11) is 0. The van der Waals surface area contributed by atoms with Gasteiger partial charge in [0, 0.05) is 18.4 Å². The fourth-order valence-electron chi connectivity index (χ4n) is 1.56. The second-order valence-corrected chi connectivity index (χ2v) is 4.50. The summed E-state index contributed by atoms with van der Waals surface area (Å²) in [4.78, 5) is 11.7.